The summed E-state index contributed by atoms with van der Waals surface area (Å²) in [5.74, 6) is -0.137. The molecular formula is C16H13FO3S. The molecule has 0 bridgehead atoms. The van der Waals surface area contributed by atoms with Gasteiger partial charge in [0, 0.05) is 10.1 Å². The van der Waals surface area contributed by atoms with Gasteiger partial charge in [-0.15, -0.1) is 11.3 Å². The third-order valence-electron chi connectivity index (χ3n) is 3.12. The molecule has 0 spiro atoms. The lowest BCUT2D eigenvalue weighted by atomic mass is 10.1. The van der Waals surface area contributed by atoms with E-state index in [4.69, 9.17) is 4.74 Å². The van der Waals surface area contributed by atoms with Crippen molar-refractivity contribution in [3.8, 4) is 5.75 Å². The van der Waals surface area contributed by atoms with Gasteiger partial charge in [0.2, 0.25) is 0 Å². The fourth-order valence-electron chi connectivity index (χ4n) is 2.16. The Balaban J connectivity index is 2.32. The minimum atomic E-state index is -0.637. The summed E-state index contributed by atoms with van der Waals surface area (Å²) in [6.07, 6.45) is -0.637. The lowest BCUT2D eigenvalue weighted by Gasteiger charge is -2.11. The highest BCUT2D eigenvalue weighted by molar-refractivity contribution is 7.24. The number of benzene rings is 2. The molecule has 21 heavy (non-hydrogen) atoms. The molecule has 1 atom stereocenters. The van der Waals surface area contributed by atoms with Crippen LogP contribution < -0.4 is 10.2 Å². The van der Waals surface area contributed by atoms with E-state index in [0.29, 0.717) is 15.8 Å². The van der Waals surface area contributed by atoms with Crippen LogP contribution in [-0.2, 0) is 0 Å². The number of hydrogen-bond acceptors (Lipinski definition) is 4. The molecule has 2 aromatic carbocycles. The third kappa shape index (κ3) is 2.50. The monoisotopic (exact) mass is 304 g/mol. The topological polar surface area (TPSA) is 46.5 Å². The van der Waals surface area contributed by atoms with Crippen LogP contribution in [0.1, 0.15) is 6.92 Å². The second kappa shape index (κ2) is 5.42. The summed E-state index contributed by atoms with van der Waals surface area (Å²) < 4.78 is 20.8. The zero-order chi connectivity index (χ0) is 15.0. The van der Waals surface area contributed by atoms with Gasteiger partial charge in [-0.1, -0.05) is 12.1 Å². The van der Waals surface area contributed by atoms with Crippen molar-refractivity contribution in [2.45, 2.75) is 13.0 Å². The Morgan fingerprint density at radius 1 is 1.29 bits per heavy atom. The normalized spacial score (nSPS) is 12.7. The second-order valence-electron chi connectivity index (χ2n) is 4.84. The van der Waals surface area contributed by atoms with Crippen LogP contribution in [-0.4, -0.2) is 17.8 Å². The Labute approximate surface area is 124 Å². The van der Waals surface area contributed by atoms with Crippen molar-refractivity contribution >= 4 is 31.5 Å². The van der Waals surface area contributed by atoms with Crippen molar-refractivity contribution in [2.24, 2.45) is 0 Å². The maximum atomic E-state index is 14.1. The van der Waals surface area contributed by atoms with Crippen LogP contribution in [0.5, 0.6) is 5.75 Å². The molecule has 1 heterocycles. The molecule has 0 radical (unpaired) electrons. The SMILES string of the molecule is CC(O)COc1ccc(F)c2c(=O)c3ccccc3sc12. The zero-order valence-corrected chi connectivity index (χ0v) is 12.1. The van der Waals surface area contributed by atoms with Gasteiger partial charge in [0.1, 0.15) is 18.2 Å². The van der Waals surface area contributed by atoms with Gasteiger partial charge in [0.25, 0.3) is 0 Å². The predicted octanol–water partition coefficient (Wildman–Crippen LogP) is 3.31. The Hall–Kier alpha value is -1.98. The summed E-state index contributed by atoms with van der Waals surface area (Å²) in [5.41, 5.74) is -0.334. The molecule has 3 aromatic rings. The fourth-order valence-corrected chi connectivity index (χ4v) is 3.32. The maximum Gasteiger partial charge on any atom is 0.198 e. The van der Waals surface area contributed by atoms with Crippen molar-refractivity contribution in [1.82, 2.24) is 0 Å². The maximum absolute atomic E-state index is 14.1. The van der Waals surface area contributed by atoms with Crippen LogP contribution in [0.2, 0.25) is 0 Å². The van der Waals surface area contributed by atoms with Crippen LogP contribution in [0.15, 0.2) is 41.2 Å². The molecule has 1 N–H and O–H groups in total. The summed E-state index contributed by atoms with van der Waals surface area (Å²) >= 11 is 1.31. The molecule has 0 amide bonds. The van der Waals surface area contributed by atoms with Gasteiger partial charge in [-0.05, 0) is 31.2 Å². The Kier molecular flexibility index (Phi) is 3.61. The standard InChI is InChI=1S/C16H13FO3S/c1-9(18)8-20-12-7-6-11(17)14-15(19)10-4-2-3-5-13(10)21-16(12)14/h2-7,9,18H,8H2,1H3. The van der Waals surface area contributed by atoms with E-state index < -0.39 is 11.9 Å². The Morgan fingerprint density at radius 3 is 2.81 bits per heavy atom. The van der Waals surface area contributed by atoms with E-state index in [1.165, 1.54) is 23.5 Å². The highest BCUT2D eigenvalue weighted by atomic mass is 32.1. The molecule has 5 heteroatoms. The first-order chi connectivity index (χ1) is 10.1. The van der Waals surface area contributed by atoms with Gasteiger partial charge >= 0.3 is 0 Å². The van der Waals surface area contributed by atoms with E-state index in [-0.39, 0.29) is 17.4 Å². The average molecular weight is 304 g/mol. The van der Waals surface area contributed by atoms with Crippen molar-refractivity contribution in [3.63, 3.8) is 0 Å². The lowest BCUT2D eigenvalue weighted by Crippen LogP contribution is -2.13. The highest BCUT2D eigenvalue weighted by Gasteiger charge is 2.14. The van der Waals surface area contributed by atoms with Crippen molar-refractivity contribution in [2.75, 3.05) is 6.61 Å². The molecular weight excluding hydrogens is 291 g/mol. The molecule has 0 aliphatic carbocycles. The largest absolute Gasteiger partial charge is 0.489 e. The Bertz CT molecular complexity index is 870. The van der Waals surface area contributed by atoms with E-state index in [0.717, 1.165) is 4.70 Å². The molecule has 0 aliphatic rings. The summed E-state index contributed by atoms with van der Waals surface area (Å²) in [4.78, 5) is 12.5. The van der Waals surface area contributed by atoms with Crippen molar-refractivity contribution in [1.29, 1.82) is 0 Å². The molecule has 0 aliphatic heterocycles. The van der Waals surface area contributed by atoms with Gasteiger partial charge < -0.3 is 9.84 Å². The number of fused-ring (bicyclic) bond motifs is 2. The molecule has 108 valence electrons. The van der Waals surface area contributed by atoms with E-state index in [9.17, 15) is 14.3 Å². The van der Waals surface area contributed by atoms with Gasteiger partial charge in [-0.2, -0.15) is 0 Å². The molecule has 0 saturated heterocycles. The average Bonchev–Trinajstić information content (AvgIpc) is 2.46. The zero-order valence-electron chi connectivity index (χ0n) is 11.3. The molecule has 3 nitrogen and oxygen atoms in total. The summed E-state index contributed by atoms with van der Waals surface area (Å²) in [6, 6.07) is 9.82. The second-order valence-corrected chi connectivity index (χ2v) is 5.89. The first-order valence-electron chi connectivity index (χ1n) is 6.53. The van der Waals surface area contributed by atoms with Gasteiger partial charge in [0.05, 0.1) is 16.2 Å². The number of ether oxygens (including phenoxy) is 1. The minimum absolute atomic E-state index is 0.0433. The van der Waals surface area contributed by atoms with Crippen molar-refractivity contribution in [3.05, 3.63) is 52.4 Å². The highest BCUT2D eigenvalue weighted by Crippen LogP contribution is 2.33. The predicted molar refractivity (Wildman–Crippen MR) is 82.7 cm³/mol. The molecule has 1 aromatic heterocycles. The number of aliphatic hydroxyl groups excluding tert-OH is 1. The van der Waals surface area contributed by atoms with Crippen LogP contribution in [0.4, 0.5) is 4.39 Å². The number of halogens is 1. The van der Waals surface area contributed by atoms with Crippen LogP contribution in [0, 0.1) is 5.82 Å². The first-order valence-corrected chi connectivity index (χ1v) is 7.34. The van der Waals surface area contributed by atoms with Crippen LogP contribution in [0.3, 0.4) is 0 Å². The van der Waals surface area contributed by atoms with E-state index in [1.807, 2.05) is 12.1 Å². The summed E-state index contributed by atoms with van der Waals surface area (Å²) in [6.45, 7) is 1.69. The number of aliphatic hydroxyl groups is 1. The fraction of sp³-hybridized carbons (Fsp3) is 0.188. The van der Waals surface area contributed by atoms with E-state index >= 15 is 0 Å². The Morgan fingerprint density at radius 2 is 2.05 bits per heavy atom. The molecule has 1 unspecified atom stereocenters. The summed E-state index contributed by atoms with van der Waals surface area (Å²) in [7, 11) is 0. The smallest absolute Gasteiger partial charge is 0.198 e. The first kappa shape index (κ1) is 14.0. The molecule has 0 fully saturated rings. The lowest BCUT2D eigenvalue weighted by molar-refractivity contribution is 0.123. The quantitative estimate of drug-likeness (QED) is 0.755. The van der Waals surface area contributed by atoms with Gasteiger partial charge in [-0.3, -0.25) is 4.79 Å². The van der Waals surface area contributed by atoms with E-state index in [1.54, 1.807) is 19.1 Å². The van der Waals surface area contributed by atoms with Gasteiger partial charge in [-0.25, -0.2) is 4.39 Å². The third-order valence-corrected chi connectivity index (χ3v) is 4.31. The van der Waals surface area contributed by atoms with Gasteiger partial charge in [0.15, 0.2) is 5.43 Å². The molecule has 3 rings (SSSR count). The van der Waals surface area contributed by atoms with Crippen LogP contribution in [0.25, 0.3) is 20.2 Å². The number of rotatable bonds is 3. The van der Waals surface area contributed by atoms with Crippen LogP contribution >= 0.6 is 11.3 Å². The summed E-state index contributed by atoms with van der Waals surface area (Å²) in [5, 5.41) is 9.85. The minimum Gasteiger partial charge on any atom is -0.489 e. The van der Waals surface area contributed by atoms with E-state index in [2.05, 4.69) is 0 Å². The number of hydrogen-bond donors (Lipinski definition) is 1. The molecule has 0 saturated carbocycles. The van der Waals surface area contributed by atoms with Crippen molar-refractivity contribution < 1.29 is 14.2 Å².